The molecule has 0 unspecified atom stereocenters. The maximum absolute atomic E-state index is 5.31. The van der Waals surface area contributed by atoms with Gasteiger partial charge in [0.2, 0.25) is 0 Å². The number of thiophene rings is 1. The second kappa shape index (κ2) is 12.5. The summed E-state index contributed by atoms with van der Waals surface area (Å²) in [6.07, 6.45) is 0. The number of benzene rings is 9. The van der Waals surface area contributed by atoms with Gasteiger partial charge in [-0.25, -0.2) is 4.98 Å². The van der Waals surface area contributed by atoms with Gasteiger partial charge >= 0.3 is 0 Å². The van der Waals surface area contributed by atoms with Crippen molar-refractivity contribution in [1.29, 1.82) is 0 Å². The summed E-state index contributed by atoms with van der Waals surface area (Å²) < 4.78 is 7.41. The molecule has 0 N–H and O–H groups in total. The van der Waals surface area contributed by atoms with Gasteiger partial charge in [-0.15, -0.1) is 11.3 Å². The molecule has 0 aliphatic heterocycles. The highest BCUT2D eigenvalue weighted by atomic mass is 32.1. The summed E-state index contributed by atoms with van der Waals surface area (Å²) in [5, 5.41) is 11.3. The molecule has 4 aromatic heterocycles. The van der Waals surface area contributed by atoms with E-state index in [1.54, 1.807) is 0 Å². The van der Waals surface area contributed by atoms with Crippen LogP contribution in [-0.4, -0.2) is 14.1 Å². The van der Waals surface area contributed by atoms with Crippen LogP contribution in [0.1, 0.15) is 0 Å². The molecule has 9 aromatic carbocycles. The van der Waals surface area contributed by atoms with Gasteiger partial charge in [-0.3, -0.25) is 0 Å². The molecular formula is C55H33N3S. The Labute approximate surface area is 343 Å². The lowest BCUT2D eigenvalue weighted by molar-refractivity contribution is 1.18. The Morgan fingerprint density at radius 3 is 1.53 bits per heavy atom. The van der Waals surface area contributed by atoms with Gasteiger partial charge < -0.3 is 9.13 Å². The van der Waals surface area contributed by atoms with Crippen molar-refractivity contribution in [2.24, 2.45) is 0 Å². The fourth-order valence-electron chi connectivity index (χ4n) is 9.64. The highest BCUT2D eigenvalue weighted by molar-refractivity contribution is 7.26. The lowest BCUT2D eigenvalue weighted by Gasteiger charge is -2.13. The quantitative estimate of drug-likeness (QED) is 0.164. The number of nitrogens with zero attached hydrogens (tertiary/aromatic N) is 3. The van der Waals surface area contributed by atoms with Crippen LogP contribution in [0.5, 0.6) is 0 Å². The smallest absolute Gasteiger partial charge is 0.0788 e. The summed E-state index contributed by atoms with van der Waals surface area (Å²) in [4.78, 5) is 5.31. The first kappa shape index (κ1) is 32.5. The van der Waals surface area contributed by atoms with Crippen LogP contribution in [0.4, 0.5) is 0 Å². The Balaban J connectivity index is 0.945. The maximum atomic E-state index is 5.31. The summed E-state index contributed by atoms with van der Waals surface area (Å²) in [6, 6.07) is 73.0. The second-order valence-electron chi connectivity index (χ2n) is 15.5. The third-order valence-electron chi connectivity index (χ3n) is 12.3. The van der Waals surface area contributed by atoms with Crippen molar-refractivity contribution in [3.63, 3.8) is 0 Å². The fraction of sp³-hybridized carbons (Fsp3) is 0. The lowest BCUT2D eigenvalue weighted by Crippen LogP contribution is -1.95. The average molecular weight is 768 g/mol. The molecule has 0 spiro atoms. The molecular weight excluding hydrogens is 735 g/mol. The number of hydrogen-bond donors (Lipinski definition) is 0. The minimum atomic E-state index is 1.01. The molecule has 0 atom stereocenters. The zero-order chi connectivity index (χ0) is 38.6. The largest absolute Gasteiger partial charge is 0.309 e. The zero-order valence-corrected chi connectivity index (χ0v) is 32.6. The van der Waals surface area contributed by atoms with Crippen molar-refractivity contribution >= 4 is 96.8 Å². The van der Waals surface area contributed by atoms with Crippen molar-refractivity contribution in [2.75, 3.05) is 0 Å². The molecule has 0 fully saturated rings. The molecule has 0 radical (unpaired) electrons. The number of aromatic nitrogens is 3. The Morgan fingerprint density at radius 1 is 0.339 bits per heavy atom. The van der Waals surface area contributed by atoms with E-state index in [1.165, 1.54) is 96.8 Å². The van der Waals surface area contributed by atoms with Gasteiger partial charge in [0, 0.05) is 74.8 Å². The van der Waals surface area contributed by atoms with E-state index < -0.39 is 0 Å². The van der Waals surface area contributed by atoms with Gasteiger partial charge in [-0.05, 0) is 83.9 Å². The molecule has 3 nitrogen and oxygen atoms in total. The second-order valence-corrected chi connectivity index (χ2v) is 16.5. The van der Waals surface area contributed by atoms with E-state index in [9.17, 15) is 0 Å². The molecule has 13 rings (SSSR count). The first-order chi connectivity index (χ1) is 29.3. The minimum absolute atomic E-state index is 1.01. The zero-order valence-electron chi connectivity index (χ0n) is 31.8. The van der Waals surface area contributed by atoms with Gasteiger partial charge in [0.05, 0.1) is 33.3 Å². The number of fused-ring (bicyclic) bond motifs is 13. The molecule has 0 amide bonds. The molecule has 274 valence electrons. The third kappa shape index (κ3) is 4.78. The SMILES string of the molecule is c1ccc(-n2c3ccccc3c3cc(-c4ccc5c(c4)c4ccccc4n5-c4ccc(-c5nc6ccccc6c6c5ccc5c7ccccc7sc56)cc4)ccc32)cc1. The molecule has 4 heterocycles. The molecule has 0 aliphatic carbocycles. The Kier molecular flexibility index (Phi) is 6.89. The maximum Gasteiger partial charge on any atom is 0.0788 e. The van der Waals surface area contributed by atoms with Crippen molar-refractivity contribution in [3.8, 4) is 33.8 Å². The van der Waals surface area contributed by atoms with Crippen LogP contribution in [0.2, 0.25) is 0 Å². The van der Waals surface area contributed by atoms with Crippen LogP contribution >= 0.6 is 11.3 Å². The van der Waals surface area contributed by atoms with Crippen LogP contribution in [-0.2, 0) is 0 Å². The first-order valence-electron chi connectivity index (χ1n) is 20.1. The predicted molar refractivity (Wildman–Crippen MR) is 252 cm³/mol. The van der Waals surface area contributed by atoms with Gasteiger partial charge in [-0.1, -0.05) is 127 Å². The van der Waals surface area contributed by atoms with Crippen molar-refractivity contribution in [2.45, 2.75) is 0 Å². The minimum Gasteiger partial charge on any atom is -0.309 e. The summed E-state index contributed by atoms with van der Waals surface area (Å²) in [5.41, 5.74) is 12.7. The summed E-state index contributed by atoms with van der Waals surface area (Å²) in [6.45, 7) is 0. The first-order valence-corrected chi connectivity index (χ1v) is 20.9. The monoisotopic (exact) mass is 767 g/mol. The van der Waals surface area contributed by atoms with Crippen LogP contribution < -0.4 is 0 Å². The molecule has 0 saturated heterocycles. The average Bonchev–Trinajstić information content (AvgIpc) is 3.96. The normalized spacial score (nSPS) is 12.1. The van der Waals surface area contributed by atoms with E-state index in [-0.39, 0.29) is 0 Å². The number of pyridine rings is 1. The molecule has 0 saturated carbocycles. The Morgan fingerprint density at radius 2 is 0.847 bits per heavy atom. The van der Waals surface area contributed by atoms with E-state index in [1.807, 2.05) is 11.3 Å². The number of rotatable bonds is 4. The van der Waals surface area contributed by atoms with Crippen molar-refractivity contribution in [1.82, 2.24) is 14.1 Å². The standard InChI is InChI=1S/C55H33N3S/c1-2-12-37(13-3-1)57-48-19-9-5-14-39(48)45-32-35(24-30-50(45)57)36-25-31-51-46(33-36)40-15-6-10-20-49(40)58(51)38-26-22-34(23-27-38)54-44-29-28-42-41-16-7-11-21-52(41)59-55(42)53(44)43-17-4-8-18-47(43)56-54/h1-33H. The third-order valence-corrected chi connectivity index (χ3v) is 13.5. The molecule has 0 bridgehead atoms. The Hall–Kier alpha value is -7.53. The van der Waals surface area contributed by atoms with Crippen molar-refractivity contribution < 1.29 is 0 Å². The molecule has 0 aliphatic rings. The Bertz CT molecular complexity index is 3830. The van der Waals surface area contributed by atoms with E-state index in [4.69, 9.17) is 4.98 Å². The predicted octanol–water partition coefficient (Wildman–Crippen LogP) is 15.3. The molecule has 13 aromatic rings. The summed E-state index contributed by atoms with van der Waals surface area (Å²) in [5.74, 6) is 0. The highest BCUT2D eigenvalue weighted by Crippen LogP contribution is 2.44. The van der Waals surface area contributed by atoms with Gasteiger partial charge in [-0.2, -0.15) is 0 Å². The number of para-hydroxylation sites is 4. The van der Waals surface area contributed by atoms with Gasteiger partial charge in [0.25, 0.3) is 0 Å². The van der Waals surface area contributed by atoms with E-state index in [0.717, 1.165) is 22.5 Å². The molecule has 59 heavy (non-hydrogen) atoms. The molecule has 4 heteroatoms. The fourth-order valence-corrected chi connectivity index (χ4v) is 10.9. The van der Waals surface area contributed by atoms with Crippen LogP contribution in [0, 0.1) is 0 Å². The van der Waals surface area contributed by atoms with Crippen LogP contribution in [0.15, 0.2) is 200 Å². The summed E-state index contributed by atoms with van der Waals surface area (Å²) in [7, 11) is 0. The van der Waals surface area contributed by atoms with E-state index in [0.29, 0.717) is 0 Å². The van der Waals surface area contributed by atoms with Gasteiger partial charge in [0.15, 0.2) is 0 Å². The van der Waals surface area contributed by atoms with Crippen LogP contribution in [0.3, 0.4) is 0 Å². The van der Waals surface area contributed by atoms with E-state index >= 15 is 0 Å². The van der Waals surface area contributed by atoms with Crippen LogP contribution in [0.25, 0.3) is 119 Å². The van der Waals surface area contributed by atoms with Crippen molar-refractivity contribution in [3.05, 3.63) is 200 Å². The van der Waals surface area contributed by atoms with Gasteiger partial charge in [0.1, 0.15) is 0 Å². The van der Waals surface area contributed by atoms with E-state index in [2.05, 4.69) is 209 Å². The lowest BCUT2D eigenvalue weighted by atomic mass is 9.98. The highest BCUT2D eigenvalue weighted by Gasteiger charge is 2.19. The summed E-state index contributed by atoms with van der Waals surface area (Å²) >= 11 is 1.88. The number of hydrogen-bond acceptors (Lipinski definition) is 2. The topological polar surface area (TPSA) is 22.8 Å².